The molecule has 7 aromatic carbocycles. The molecule has 61 heavy (non-hydrogen) atoms. The molecule has 0 radical (unpaired) electrons. The van der Waals surface area contributed by atoms with Gasteiger partial charge in [-0.1, -0.05) is 197 Å². The second-order valence-corrected chi connectivity index (χ2v) is 18.0. The van der Waals surface area contributed by atoms with Crippen molar-refractivity contribution in [3.05, 3.63) is 239 Å². The lowest BCUT2D eigenvalue weighted by Crippen LogP contribution is -2.39. The van der Waals surface area contributed by atoms with Crippen molar-refractivity contribution in [3.8, 4) is 0 Å². The summed E-state index contributed by atoms with van der Waals surface area (Å²) in [6, 6.07) is 67.6. The third kappa shape index (κ3) is 7.81. The van der Waals surface area contributed by atoms with Crippen molar-refractivity contribution in [1.29, 1.82) is 0 Å². The fraction of sp³-hybridized carbons (Fsp3) is 0.237. The van der Waals surface area contributed by atoms with Crippen molar-refractivity contribution in [3.63, 3.8) is 0 Å². The van der Waals surface area contributed by atoms with Crippen LogP contribution >= 0.6 is 0 Å². The molecule has 0 saturated carbocycles. The lowest BCUT2D eigenvalue weighted by Gasteiger charge is -2.35. The lowest BCUT2D eigenvalue weighted by atomic mass is 9.68. The van der Waals surface area contributed by atoms with Crippen molar-refractivity contribution in [2.45, 2.75) is 63.7 Å². The normalized spacial score (nSPS) is 16.5. The van der Waals surface area contributed by atoms with Gasteiger partial charge in [0.25, 0.3) is 0 Å². The number of hydrogen-bond donors (Lipinski definition) is 0. The molecule has 304 valence electrons. The molecule has 2 heterocycles. The molecule has 1 atom stereocenters. The van der Waals surface area contributed by atoms with Crippen LogP contribution in [0.1, 0.15) is 60.6 Å². The fourth-order valence-corrected chi connectivity index (χ4v) is 10.5. The van der Waals surface area contributed by atoms with Gasteiger partial charge in [0.1, 0.15) is 7.05 Å². The van der Waals surface area contributed by atoms with Crippen LogP contribution in [0.15, 0.2) is 206 Å². The van der Waals surface area contributed by atoms with Gasteiger partial charge in [0, 0.05) is 35.0 Å². The lowest BCUT2D eigenvalue weighted by molar-refractivity contribution is -0.400. The number of anilines is 1. The van der Waals surface area contributed by atoms with Crippen molar-refractivity contribution in [2.24, 2.45) is 11.8 Å². The first-order valence-corrected chi connectivity index (χ1v) is 22.4. The summed E-state index contributed by atoms with van der Waals surface area (Å²) in [5.74, 6) is 1.23. The van der Waals surface area contributed by atoms with Crippen molar-refractivity contribution < 1.29 is 4.58 Å². The Labute approximate surface area is 364 Å². The second-order valence-electron chi connectivity index (χ2n) is 18.0. The quantitative estimate of drug-likeness (QED) is 0.0994. The van der Waals surface area contributed by atoms with Gasteiger partial charge < -0.3 is 4.90 Å². The van der Waals surface area contributed by atoms with Gasteiger partial charge in [-0.2, -0.15) is 4.58 Å². The van der Waals surface area contributed by atoms with Crippen molar-refractivity contribution in [1.82, 2.24) is 0 Å². The van der Waals surface area contributed by atoms with E-state index in [9.17, 15) is 0 Å². The van der Waals surface area contributed by atoms with E-state index >= 15 is 0 Å². The summed E-state index contributed by atoms with van der Waals surface area (Å²) in [4.78, 5) is 2.69. The number of fused-ring (bicyclic) bond motifs is 4. The van der Waals surface area contributed by atoms with E-state index in [2.05, 4.69) is 238 Å². The molecular weight excluding hydrogens is 737 g/mol. The third-order valence-corrected chi connectivity index (χ3v) is 13.9. The van der Waals surface area contributed by atoms with Gasteiger partial charge in [-0.05, 0) is 95.4 Å². The van der Waals surface area contributed by atoms with Gasteiger partial charge in [0.05, 0.1) is 10.8 Å². The van der Waals surface area contributed by atoms with Crippen LogP contribution in [0, 0.1) is 11.8 Å². The Balaban J connectivity index is 1.26. The standard InChI is InChI=1S/C59H59N2/c1-44(2)45(3)38-39-61-54-33-20-19-32-52(54)58(40-46-22-9-5-10-23-46,41-47-24-11-6-12-25-47)56(61)35-21-34-55-59(42-48-26-13-7-14-27-48,43-49-28-15-8-16-29-49)53-37-36-50-30-17-18-31-51(50)57(53)60(55)4/h5-37,44-45H,38-43H2,1-4H3/q+1. The van der Waals surface area contributed by atoms with Crippen LogP contribution in [-0.4, -0.2) is 23.9 Å². The first-order chi connectivity index (χ1) is 29.9. The summed E-state index contributed by atoms with van der Waals surface area (Å²) in [6.07, 6.45) is 12.1. The maximum atomic E-state index is 2.69. The van der Waals surface area contributed by atoms with Crippen LogP contribution in [0.25, 0.3) is 10.8 Å². The highest BCUT2D eigenvalue weighted by Crippen LogP contribution is 2.53. The molecule has 0 saturated heterocycles. The minimum Gasteiger partial charge on any atom is -0.344 e. The van der Waals surface area contributed by atoms with E-state index in [1.54, 1.807) is 0 Å². The SMILES string of the molecule is CC(C)C(C)CCN1C(=CC=CC2=[N+](C)c3c(ccc4ccccc34)C2(Cc2ccccc2)Cc2ccccc2)C(Cc2ccccc2)(Cc2ccccc2)c2ccccc21. The molecule has 2 nitrogen and oxygen atoms in total. The first kappa shape index (κ1) is 40.2. The van der Waals surface area contributed by atoms with Gasteiger partial charge in [0.15, 0.2) is 5.71 Å². The Hall–Kier alpha value is -6.25. The topological polar surface area (TPSA) is 6.25 Å². The summed E-state index contributed by atoms with van der Waals surface area (Å²) >= 11 is 0. The van der Waals surface area contributed by atoms with Crippen LogP contribution in [0.3, 0.4) is 0 Å². The first-order valence-electron chi connectivity index (χ1n) is 22.4. The summed E-state index contributed by atoms with van der Waals surface area (Å²) in [5, 5.41) is 2.58. The van der Waals surface area contributed by atoms with E-state index < -0.39 is 0 Å². The third-order valence-electron chi connectivity index (χ3n) is 13.9. The number of benzene rings is 7. The number of rotatable bonds is 14. The Morgan fingerprint density at radius 1 is 0.525 bits per heavy atom. The zero-order valence-electron chi connectivity index (χ0n) is 36.3. The summed E-state index contributed by atoms with van der Waals surface area (Å²) in [5.41, 5.74) is 13.0. The zero-order chi connectivity index (χ0) is 41.8. The zero-order valence-corrected chi connectivity index (χ0v) is 36.3. The van der Waals surface area contributed by atoms with Gasteiger partial charge in [-0.15, -0.1) is 0 Å². The predicted molar refractivity (Wildman–Crippen MR) is 258 cm³/mol. The molecular formula is C59H59N2+. The minimum atomic E-state index is -0.304. The molecule has 0 aromatic heterocycles. The maximum absolute atomic E-state index is 2.69. The molecule has 0 aliphatic carbocycles. The largest absolute Gasteiger partial charge is 0.344 e. The number of hydrogen-bond acceptors (Lipinski definition) is 1. The van der Waals surface area contributed by atoms with Gasteiger partial charge in [0.2, 0.25) is 5.69 Å². The Kier molecular flexibility index (Phi) is 11.4. The molecule has 0 fully saturated rings. The van der Waals surface area contributed by atoms with Gasteiger partial charge in [-0.25, -0.2) is 0 Å². The van der Waals surface area contributed by atoms with Gasteiger partial charge >= 0.3 is 0 Å². The maximum Gasteiger partial charge on any atom is 0.217 e. The molecule has 7 aromatic rings. The average Bonchev–Trinajstić information content (AvgIpc) is 3.67. The van der Waals surface area contributed by atoms with E-state index in [-0.39, 0.29) is 10.8 Å². The molecule has 9 rings (SSSR count). The smallest absolute Gasteiger partial charge is 0.217 e. The van der Waals surface area contributed by atoms with Gasteiger partial charge in [-0.3, -0.25) is 0 Å². The summed E-state index contributed by atoms with van der Waals surface area (Å²) < 4.78 is 2.52. The minimum absolute atomic E-state index is 0.277. The van der Waals surface area contributed by atoms with Crippen molar-refractivity contribution >= 4 is 27.9 Å². The van der Waals surface area contributed by atoms with Crippen molar-refractivity contribution in [2.75, 3.05) is 18.5 Å². The fourth-order valence-electron chi connectivity index (χ4n) is 10.5. The molecule has 2 heteroatoms. The highest BCUT2D eigenvalue weighted by atomic mass is 15.2. The number of para-hydroxylation sites is 1. The molecule has 1 unspecified atom stereocenters. The van der Waals surface area contributed by atoms with E-state index in [0.29, 0.717) is 11.8 Å². The number of nitrogens with zero attached hydrogens (tertiary/aromatic N) is 2. The highest BCUT2D eigenvalue weighted by molar-refractivity contribution is 6.08. The predicted octanol–water partition coefficient (Wildman–Crippen LogP) is 13.7. The molecule has 0 amide bonds. The second kappa shape index (κ2) is 17.4. The molecule has 0 N–H and O–H groups in total. The summed E-state index contributed by atoms with van der Waals surface area (Å²) in [6.45, 7) is 8.13. The monoisotopic (exact) mass is 795 g/mol. The van der Waals surface area contributed by atoms with E-state index in [0.717, 1.165) is 38.6 Å². The summed E-state index contributed by atoms with van der Waals surface area (Å²) in [7, 11) is 2.30. The molecule has 0 bridgehead atoms. The van der Waals surface area contributed by atoms with E-state index in [1.165, 1.54) is 66.9 Å². The van der Waals surface area contributed by atoms with Crippen LogP contribution in [0.5, 0.6) is 0 Å². The van der Waals surface area contributed by atoms with Crippen LogP contribution in [0.2, 0.25) is 0 Å². The van der Waals surface area contributed by atoms with E-state index in [4.69, 9.17) is 0 Å². The van der Waals surface area contributed by atoms with E-state index in [1.807, 2.05) is 0 Å². The van der Waals surface area contributed by atoms with Crippen LogP contribution in [0.4, 0.5) is 11.4 Å². The number of allylic oxidation sites excluding steroid dienone is 4. The van der Waals surface area contributed by atoms with Crippen LogP contribution in [-0.2, 0) is 36.5 Å². The Morgan fingerprint density at radius 3 is 1.57 bits per heavy atom. The molecule has 2 aliphatic rings. The highest BCUT2D eigenvalue weighted by Gasteiger charge is 2.51. The Bertz CT molecular complexity index is 2610. The molecule has 2 aliphatic heterocycles. The Morgan fingerprint density at radius 2 is 1.02 bits per heavy atom. The van der Waals surface area contributed by atoms with Crippen LogP contribution < -0.4 is 4.90 Å². The average molecular weight is 796 g/mol. The molecule has 0 spiro atoms.